The Hall–Kier alpha value is -1.94. The van der Waals surface area contributed by atoms with Gasteiger partial charge in [0.25, 0.3) is 0 Å². The highest BCUT2D eigenvalue weighted by molar-refractivity contribution is 7.47. The molecule has 17 nitrogen and oxygen atoms in total. The number of ether oxygens (including phenoxy) is 4. The van der Waals surface area contributed by atoms with E-state index in [2.05, 4.69) is 55.4 Å². The van der Waals surface area contributed by atoms with Crippen molar-refractivity contribution in [3.63, 3.8) is 0 Å². The molecule has 0 heterocycles. The SMILES string of the molecule is CCC(C)CCCCCCCCC(=O)OC[C@H](COP(=O)(O)OC[C@H](O)COP(=O)(O)OC[C@@H](COC(=O)CCCCCCCCC(C)C)OC(=O)CCCCCCCCCCC(C)C)OC(=O)CCCCCCCCC(C)C. The first-order valence-electron chi connectivity index (χ1n) is 31.2. The third kappa shape index (κ3) is 53.8. The van der Waals surface area contributed by atoms with Gasteiger partial charge in [-0.1, -0.05) is 229 Å². The van der Waals surface area contributed by atoms with E-state index in [0.29, 0.717) is 37.5 Å². The number of esters is 4. The molecule has 468 valence electrons. The summed E-state index contributed by atoms with van der Waals surface area (Å²) in [6.45, 7) is 13.8. The van der Waals surface area contributed by atoms with E-state index in [1.54, 1.807) is 0 Å². The Labute approximate surface area is 479 Å². The van der Waals surface area contributed by atoms with Gasteiger partial charge in [-0.15, -0.1) is 0 Å². The second kappa shape index (κ2) is 50.6. The van der Waals surface area contributed by atoms with Crippen molar-refractivity contribution in [1.29, 1.82) is 0 Å². The molecule has 0 amide bonds. The number of carbonyl (C=O) groups excluding carboxylic acids is 4. The first-order valence-corrected chi connectivity index (χ1v) is 34.2. The zero-order valence-electron chi connectivity index (χ0n) is 51.0. The molecule has 0 bridgehead atoms. The fourth-order valence-electron chi connectivity index (χ4n) is 8.69. The van der Waals surface area contributed by atoms with Crippen molar-refractivity contribution in [2.75, 3.05) is 39.6 Å². The average molecular weight is 1170 g/mol. The molecule has 0 spiro atoms. The number of aliphatic hydroxyl groups is 1. The van der Waals surface area contributed by atoms with Gasteiger partial charge in [0.15, 0.2) is 12.2 Å². The molecule has 0 aliphatic rings. The van der Waals surface area contributed by atoms with E-state index in [1.807, 2.05) is 0 Å². The minimum Gasteiger partial charge on any atom is -0.462 e. The largest absolute Gasteiger partial charge is 0.472 e. The monoisotopic (exact) mass is 1170 g/mol. The van der Waals surface area contributed by atoms with E-state index in [-0.39, 0.29) is 25.7 Å². The van der Waals surface area contributed by atoms with Crippen LogP contribution in [0.1, 0.15) is 280 Å². The fraction of sp³-hybridized carbons (Fsp3) is 0.933. The van der Waals surface area contributed by atoms with Gasteiger partial charge in [-0.2, -0.15) is 0 Å². The number of phosphoric acid groups is 2. The van der Waals surface area contributed by atoms with Crippen LogP contribution in [-0.4, -0.2) is 96.7 Å². The van der Waals surface area contributed by atoms with Gasteiger partial charge in [-0.3, -0.25) is 37.3 Å². The molecule has 0 aromatic rings. The summed E-state index contributed by atoms with van der Waals surface area (Å²) in [5, 5.41) is 10.5. The van der Waals surface area contributed by atoms with Crippen molar-refractivity contribution in [3.8, 4) is 0 Å². The highest BCUT2D eigenvalue weighted by atomic mass is 31.2. The third-order valence-electron chi connectivity index (χ3n) is 13.9. The van der Waals surface area contributed by atoms with Crippen molar-refractivity contribution < 1.29 is 80.2 Å². The van der Waals surface area contributed by atoms with Crippen molar-refractivity contribution in [1.82, 2.24) is 0 Å². The maximum absolute atomic E-state index is 12.9. The minimum atomic E-state index is -4.94. The molecule has 0 aliphatic carbocycles. The molecule has 3 N–H and O–H groups in total. The summed E-state index contributed by atoms with van der Waals surface area (Å²) in [4.78, 5) is 71.9. The zero-order valence-corrected chi connectivity index (χ0v) is 52.8. The molecule has 3 unspecified atom stereocenters. The van der Waals surface area contributed by atoms with Crippen molar-refractivity contribution in [2.24, 2.45) is 23.7 Å². The van der Waals surface area contributed by atoms with Crippen LogP contribution in [0.3, 0.4) is 0 Å². The smallest absolute Gasteiger partial charge is 0.462 e. The molecule has 0 fully saturated rings. The van der Waals surface area contributed by atoms with Gasteiger partial charge in [0, 0.05) is 25.7 Å². The lowest BCUT2D eigenvalue weighted by molar-refractivity contribution is -0.161. The lowest BCUT2D eigenvalue weighted by atomic mass is 10.00. The average Bonchev–Trinajstić information content (AvgIpc) is 3.39. The first-order chi connectivity index (χ1) is 37.6. The van der Waals surface area contributed by atoms with Gasteiger partial charge in [0.2, 0.25) is 0 Å². The molecule has 79 heavy (non-hydrogen) atoms. The van der Waals surface area contributed by atoms with Crippen LogP contribution in [0.5, 0.6) is 0 Å². The summed E-state index contributed by atoms with van der Waals surface area (Å²) in [7, 11) is -9.88. The van der Waals surface area contributed by atoms with E-state index >= 15 is 0 Å². The van der Waals surface area contributed by atoms with Crippen LogP contribution in [-0.2, 0) is 65.4 Å². The maximum atomic E-state index is 12.9. The predicted molar refractivity (Wildman–Crippen MR) is 312 cm³/mol. The van der Waals surface area contributed by atoms with Gasteiger partial charge in [-0.05, 0) is 49.4 Å². The molecule has 0 saturated heterocycles. The van der Waals surface area contributed by atoms with Gasteiger partial charge < -0.3 is 33.8 Å². The van der Waals surface area contributed by atoms with Crippen LogP contribution in [0.2, 0.25) is 0 Å². The summed E-state index contributed by atoms with van der Waals surface area (Å²) in [6, 6.07) is 0. The second-order valence-electron chi connectivity index (χ2n) is 23.4. The maximum Gasteiger partial charge on any atom is 0.472 e. The molecule has 0 saturated carbocycles. The highest BCUT2D eigenvalue weighted by Gasteiger charge is 2.30. The second-order valence-corrected chi connectivity index (χ2v) is 26.3. The first kappa shape index (κ1) is 77.1. The van der Waals surface area contributed by atoms with Gasteiger partial charge in [-0.25, -0.2) is 9.13 Å². The Morgan fingerprint density at radius 2 is 0.608 bits per heavy atom. The lowest BCUT2D eigenvalue weighted by Gasteiger charge is -2.21. The molecule has 0 aliphatic heterocycles. The van der Waals surface area contributed by atoms with Crippen molar-refractivity contribution in [2.45, 2.75) is 298 Å². The molecule has 0 radical (unpaired) electrons. The van der Waals surface area contributed by atoms with E-state index < -0.39 is 97.5 Å². The molecular weight excluding hydrogens is 1050 g/mol. The Morgan fingerprint density at radius 1 is 0.354 bits per heavy atom. The van der Waals surface area contributed by atoms with Crippen LogP contribution in [0.25, 0.3) is 0 Å². The number of hydrogen-bond acceptors (Lipinski definition) is 15. The number of aliphatic hydroxyl groups excluding tert-OH is 1. The summed E-state index contributed by atoms with van der Waals surface area (Å²) in [5.41, 5.74) is 0. The Kier molecular flexibility index (Phi) is 49.3. The Morgan fingerprint density at radius 3 is 0.899 bits per heavy atom. The summed E-state index contributed by atoms with van der Waals surface area (Å²) >= 11 is 0. The number of unbranched alkanes of at least 4 members (excludes halogenated alkanes) is 22. The van der Waals surface area contributed by atoms with Gasteiger partial charge in [0.05, 0.1) is 26.4 Å². The number of carbonyl (C=O) groups is 4. The topological polar surface area (TPSA) is 237 Å². The lowest BCUT2D eigenvalue weighted by Crippen LogP contribution is -2.30. The van der Waals surface area contributed by atoms with Gasteiger partial charge >= 0.3 is 39.5 Å². The summed E-state index contributed by atoms with van der Waals surface area (Å²) < 4.78 is 67.7. The standard InChI is InChI=1S/C60H116O17P2/c1-9-53(8)39-31-23-16-19-25-33-41-58(63)71-47-56(77-60(65)43-35-27-18-15-22-30-38-52(6)7)49-75-79(68,69)73-45-54(61)44-72-78(66,67)74-48-55(46-70-57(62)40-32-24-17-14-21-29-37-51(4)5)76-59(64)42-34-26-13-11-10-12-20-28-36-50(2)3/h50-56,61H,9-49H2,1-8H3,(H,66,67)(H,68,69)/t53?,54-,55-,56-/m1/s1. The summed E-state index contributed by atoms with van der Waals surface area (Å²) in [5.74, 6) is 0.646. The zero-order chi connectivity index (χ0) is 59.0. The predicted octanol–water partition coefficient (Wildman–Crippen LogP) is 15.8. The van der Waals surface area contributed by atoms with Crippen LogP contribution in [0.15, 0.2) is 0 Å². The van der Waals surface area contributed by atoms with E-state index in [0.717, 1.165) is 115 Å². The number of rotatable bonds is 57. The number of hydrogen-bond donors (Lipinski definition) is 3. The van der Waals surface area contributed by atoms with E-state index in [9.17, 15) is 43.2 Å². The van der Waals surface area contributed by atoms with Crippen molar-refractivity contribution >= 4 is 39.5 Å². The van der Waals surface area contributed by atoms with E-state index in [4.69, 9.17) is 37.0 Å². The van der Waals surface area contributed by atoms with Crippen molar-refractivity contribution in [3.05, 3.63) is 0 Å². The van der Waals surface area contributed by atoms with Crippen LogP contribution in [0, 0.1) is 23.7 Å². The molecule has 0 rings (SSSR count). The fourth-order valence-corrected chi connectivity index (χ4v) is 10.3. The molecule has 0 aromatic heterocycles. The Bertz CT molecular complexity index is 1600. The summed E-state index contributed by atoms with van der Waals surface area (Å²) in [6.07, 6.45) is 28.4. The van der Waals surface area contributed by atoms with E-state index in [1.165, 1.54) is 70.6 Å². The minimum absolute atomic E-state index is 0.100. The van der Waals surface area contributed by atoms with Gasteiger partial charge in [0.1, 0.15) is 19.3 Å². The normalized spacial score (nSPS) is 14.9. The molecule has 0 aromatic carbocycles. The van der Waals surface area contributed by atoms with Crippen LogP contribution < -0.4 is 0 Å². The quantitative estimate of drug-likeness (QED) is 0.0222. The number of phosphoric ester groups is 2. The Balaban J connectivity index is 5.25. The molecule has 19 heteroatoms. The highest BCUT2D eigenvalue weighted by Crippen LogP contribution is 2.45. The molecular formula is C60H116O17P2. The molecule has 6 atom stereocenters. The third-order valence-corrected chi connectivity index (χ3v) is 15.8. The van der Waals surface area contributed by atoms with Crippen LogP contribution in [0.4, 0.5) is 0 Å². The van der Waals surface area contributed by atoms with Crippen LogP contribution >= 0.6 is 15.6 Å².